The third-order valence-corrected chi connectivity index (χ3v) is 3.44. The van der Waals surface area contributed by atoms with Gasteiger partial charge in [0.1, 0.15) is 0 Å². The van der Waals surface area contributed by atoms with Crippen LogP contribution in [0.4, 0.5) is 0 Å². The second-order valence-electron chi connectivity index (χ2n) is 3.48. The summed E-state index contributed by atoms with van der Waals surface area (Å²) in [5, 5.41) is 3.40. The van der Waals surface area contributed by atoms with Crippen LogP contribution in [0.2, 0.25) is 0 Å². The van der Waals surface area contributed by atoms with Crippen molar-refractivity contribution >= 4 is 17.7 Å². The molecule has 0 aromatic rings. The largest absolute Gasteiger partial charge is 0.463 e. The monoisotopic (exact) mass is 229 g/mol. The molecule has 1 aliphatic heterocycles. The quantitative estimate of drug-likeness (QED) is 0.574. The molecule has 1 heterocycles. The average molecular weight is 229 g/mol. The predicted molar refractivity (Wildman–Crippen MR) is 64.1 cm³/mol. The van der Waals surface area contributed by atoms with Gasteiger partial charge in [0.25, 0.3) is 0 Å². The summed E-state index contributed by atoms with van der Waals surface area (Å²) in [5.41, 5.74) is 0. The highest BCUT2D eigenvalue weighted by Gasteiger charge is 2.11. The van der Waals surface area contributed by atoms with Crippen molar-refractivity contribution < 1.29 is 9.53 Å². The van der Waals surface area contributed by atoms with Crippen molar-refractivity contribution in [3.8, 4) is 0 Å². The molecule has 1 rings (SSSR count). The first-order chi connectivity index (χ1) is 7.33. The van der Waals surface area contributed by atoms with E-state index in [-0.39, 0.29) is 5.97 Å². The molecule has 0 aromatic carbocycles. The van der Waals surface area contributed by atoms with E-state index in [1.54, 1.807) is 0 Å². The van der Waals surface area contributed by atoms with Crippen LogP contribution in [0.5, 0.6) is 0 Å². The Morgan fingerprint density at radius 3 is 3.20 bits per heavy atom. The Labute approximate surface area is 95.6 Å². The summed E-state index contributed by atoms with van der Waals surface area (Å²) >= 11 is 2.00. The Morgan fingerprint density at radius 2 is 2.53 bits per heavy atom. The molecule has 0 saturated carbocycles. The highest BCUT2D eigenvalue weighted by Crippen LogP contribution is 2.16. The molecular formula is C11H19NO2S. The maximum atomic E-state index is 11.0. The fraction of sp³-hybridized carbons (Fsp3) is 0.727. The van der Waals surface area contributed by atoms with Crippen LogP contribution in [0.3, 0.4) is 0 Å². The number of thioether (sulfide) groups is 1. The van der Waals surface area contributed by atoms with E-state index in [0.717, 1.165) is 6.54 Å². The molecule has 1 fully saturated rings. The van der Waals surface area contributed by atoms with Crippen molar-refractivity contribution in [3.63, 3.8) is 0 Å². The van der Waals surface area contributed by atoms with Gasteiger partial charge in [-0.05, 0) is 25.5 Å². The number of hydrogen-bond acceptors (Lipinski definition) is 4. The van der Waals surface area contributed by atoms with E-state index in [4.69, 9.17) is 4.74 Å². The molecule has 1 N–H and O–H groups in total. The Morgan fingerprint density at radius 1 is 1.67 bits per heavy atom. The van der Waals surface area contributed by atoms with Gasteiger partial charge in [-0.2, -0.15) is 11.8 Å². The minimum Gasteiger partial charge on any atom is -0.463 e. The molecule has 86 valence electrons. The summed E-state index contributed by atoms with van der Waals surface area (Å²) in [6.07, 6.45) is 5.87. The molecule has 0 aliphatic carbocycles. The molecule has 0 aromatic heterocycles. The summed E-state index contributed by atoms with van der Waals surface area (Å²) < 4.78 is 4.78. The van der Waals surface area contributed by atoms with Crippen molar-refractivity contribution in [2.45, 2.75) is 25.8 Å². The maximum Gasteiger partial charge on any atom is 0.330 e. The standard InChI is InChI=1S/C11H19NO2S/c1-2-14-11(13)6-3-7-12-10-5-4-8-15-9-10/h3,6,10,12H,2,4-5,7-9H2,1H3/b6-3+. The highest BCUT2D eigenvalue weighted by atomic mass is 32.2. The number of esters is 1. The van der Waals surface area contributed by atoms with Crippen LogP contribution in [0.25, 0.3) is 0 Å². The molecular weight excluding hydrogens is 210 g/mol. The van der Waals surface area contributed by atoms with Crippen molar-refractivity contribution in [2.75, 3.05) is 24.7 Å². The van der Waals surface area contributed by atoms with E-state index in [2.05, 4.69) is 5.32 Å². The zero-order valence-electron chi connectivity index (χ0n) is 9.20. The van der Waals surface area contributed by atoms with Crippen LogP contribution >= 0.6 is 11.8 Å². The van der Waals surface area contributed by atoms with E-state index < -0.39 is 0 Å². The zero-order chi connectivity index (χ0) is 10.9. The van der Waals surface area contributed by atoms with Gasteiger partial charge in [-0.25, -0.2) is 4.79 Å². The Bertz CT molecular complexity index is 213. The van der Waals surface area contributed by atoms with Crippen molar-refractivity contribution in [1.29, 1.82) is 0 Å². The SMILES string of the molecule is CCOC(=O)/C=C/CNC1CCCSC1. The minimum atomic E-state index is -0.252. The summed E-state index contributed by atoms with van der Waals surface area (Å²) in [6, 6.07) is 0.607. The van der Waals surface area contributed by atoms with Crippen LogP contribution in [0, 0.1) is 0 Å². The second-order valence-corrected chi connectivity index (χ2v) is 4.63. The lowest BCUT2D eigenvalue weighted by atomic mass is 10.2. The van der Waals surface area contributed by atoms with Crippen LogP contribution in [-0.4, -0.2) is 36.7 Å². The summed E-state index contributed by atoms with van der Waals surface area (Å²) in [6.45, 7) is 3.00. The summed E-state index contributed by atoms with van der Waals surface area (Å²) in [4.78, 5) is 11.0. The molecule has 1 atom stereocenters. The predicted octanol–water partition coefficient (Wildman–Crippen LogP) is 1.59. The molecule has 15 heavy (non-hydrogen) atoms. The zero-order valence-corrected chi connectivity index (χ0v) is 10.0. The Balaban J connectivity index is 2.06. The van der Waals surface area contributed by atoms with Gasteiger partial charge in [-0.3, -0.25) is 0 Å². The van der Waals surface area contributed by atoms with Crippen LogP contribution < -0.4 is 5.32 Å². The molecule has 0 bridgehead atoms. The average Bonchev–Trinajstić information content (AvgIpc) is 2.26. The number of carbonyl (C=O) groups is 1. The fourth-order valence-electron chi connectivity index (χ4n) is 1.48. The summed E-state index contributed by atoms with van der Waals surface area (Å²) in [5.74, 6) is 2.22. The van der Waals surface area contributed by atoms with Gasteiger partial charge in [0, 0.05) is 24.4 Å². The van der Waals surface area contributed by atoms with Crippen LogP contribution in [0.15, 0.2) is 12.2 Å². The third kappa shape index (κ3) is 5.85. The molecule has 1 aliphatic rings. The van der Waals surface area contributed by atoms with Crippen LogP contribution in [0.1, 0.15) is 19.8 Å². The maximum absolute atomic E-state index is 11.0. The number of hydrogen-bond donors (Lipinski definition) is 1. The first kappa shape index (κ1) is 12.6. The number of nitrogens with one attached hydrogen (secondary N) is 1. The molecule has 3 nitrogen and oxygen atoms in total. The van der Waals surface area contributed by atoms with Gasteiger partial charge in [-0.1, -0.05) is 6.08 Å². The molecule has 4 heteroatoms. The van der Waals surface area contributed by atoms with Crippen LogP contribution in [-0.2, 0) is 9.53 Å². The smallest absolute Gasteiger partial charge is 0.330 e. The lowest BCUT2D eigenvalue weighted by Crippen LogP contribution is -2.33. The Kier molecular flexibility index (Phi) is 6.52. The molecule has 1 unspecified atom stereocenters. The van der Waals surface area contributed by atoms with Crippen molar-refractivity contribution in [1.82, 2.24) is 5.32 Å². The lowest BCUT2D eigenvalue weighted by molar-refractivity contribution is -0.137. The van der Waals surface area contributed by atoms with E-state index in [0.29, 0.717) is 12.6 Å². The number of ether oxygens (including phenoxy) is 1. The van der Waals surface area contributed by atoms with Gasteiger partial charge >= 0.3 is 5.97 Å². The molecule has 0 radical (unpaired) electrons. The van der Waals surface area contributed by atoms with E-state index in [1.807, 2.05) is 24.8 Å². The van der Waals surface area contributed by atoms with E-state index in [1.165, 1.54) is 30.4 Å². The first-order valence-electron chi connectivity index (χ1n) is 5.47. The second kappa shape index (κ2) is 7.77. The highest BCUT2D eigenvalue weighted by molar-refractivity contribution is 7.99. The van der Waals surface area contributed by atoms with Gasteiger partial charge in [0.15, 0.2) is 0 Å². The molecule has 0 spiro atoms. The van der Waals surface area contributed by atoms with E-state index in [9.17, 15) is 4.79 Å². The van der Waals surface area contributed by atoms with Crippen molar-refractivity contribution in [2.24, 2.45) is 0 Å². The number of carbonyl (C=O) groups excluding carboxylic acids is 1. The number of rotatable bonds is 5. The summed E-state index contributed by atoms with van der Waals surface area (Å²) in [7, 11) is 0. The lowest BCUT2D eigenvalue weighted by Gasteiger charge is -2.21. The van der Waals surface area contributed by atoms with Gasteiger partial charge in [-0.15, -0.1) is 0 Å². The fourth-order valence-corrected chi connectivity index (χ4v) is 2.59. The third-order valence-electron chi connectivity index (χ3n) is 2.23. The van der Waals surface area contributed by atoms with Gasteiger partial charge in [0.2, 0.25) is 0 Å². The van der Waals surface area contributed by atoms with Crippen molar-refractivity contribution in [3.05, 3.63) is 12.2 Å². The Hall–Kier alpha value is -0.480. The van der Waals surface area contributed by atoms with Gasteiger partial charge < -0.3 is 10.1 Å². The molecule has 1 saturated heterocycles. The first-order valence-corrected chi connectivity index (χ1v) is 6.63. The minimum absolute atomic E-state index is 0.252. The normalized spacial score (nSPS) is 21.8. The van der Waals surface area contributed by atoms with Gasteiger partial charge in [0.05, 0.1) is 6.61 Å². The molecule has 0 amide bonds. The van der Waals surface area contributed by atoms with E-state index >= 15 is 0 Å². The topological polar surface area (TPSA) is 38.3 Å².